The number of aromatic nitrogens is 2. The van der Waals surface area contributed by atoms with Crippen LogP contribution in [-0.4, -0.2) is 47.8 Å². The van der Waals surface area contributed by atoms with Crippen LogP contribution in [0.15, 0.2) is 36.7 Å². The molecule has 7 nitrogen and oxygen atoms in total. The van der Waals surface area contributed by atoms with Gasteiger partial charge in [-0.2, -0.15) is 5.10 Å². The molecule has 0 saturated carbocycles. The van der Waals surface area contributed by atoms with Gasteiger partial charge in [0.2, 0.25) is 15.9 Å². The number of anilines is 1. The Morgan fingerprint density at radius 2 is 2.08 bits per heavy atom. The average Bonchev–Trinajstić information content (AvgIpc) is 3.01. The first kappa shape index (κ1) is 18.9. The van der Waals surface area contributed by atoms with E-state index >= 15 is 0 Å². The van der Waals surface area contributed by atoms with E-state index in [9.17, 15) is 13.2 Å². The average molecular weight is 397 g/mol. The zero-order valence-electron chi connectivity index (χ0n) is 14.4. The molecule has 1 saturated heterocycles. The van der Waals surface area contributed by atoms with Crippen molar-refractivity contribution in [3.05, 3.63) is 47.2 Å². The molecule has 2 heterocycles. The number of amides is 1. The number of hydrogen-bond acceptors (Lipinski definition) is 4. The summed E-state index contributed by atoms with van der Waals surface area (Å²) in [7, 11) is -3.18. The summed E-state index contributed by atoms with van der Waals surface area (Å²) in [5, 5.41) is 7.79. The molecule has 1 aliphatic heterocycles. The number of piperidine rings is 1. The van der Waals surface area contributed by atoms with Gasteiger partial charge in [0.05, 0.1) is 24.7 Å². The van der Waals surface area contributed by atoms with Crippen LogP contribution < -0.4 is 5.32 Å². The van der Waals surface area contributed by atoms with Crippen molar-refractivity contribution in [2.24, 2.45) is 5.92 Å². The topological polar surface area (TPSA) is 84.3 Å². The molecule has 26 heavy (non-hydrogen) atoms. The molecule has 1 fully saturated rings. The molecule has 0 atom stereocenters. The first-order valence-corrected chi connectivity index (χ1v) is 10.6. The van der Waals surface area contributed by atoms with Gasteiger partial charge in [0.25, 0.3) is 0 Å². The van der Waals surface area contributed by atoms with E-state index in [-0.39, 0.29) is 11.8 Å². The molecule has 1 N–H and O–H groups in total. The Bertz CT molecular complexity index is 889. The van der Waals surface area contributed by atoms with Crippen molar-refractivity contribution in [2.75, 3.05) is 24.7 Å². The molecule has 1 amide bonds. The number of carbonyl (C=O) groups excluding carboxylic acids is 1. The summed E-state index contributed by atoms with van der Waals surface area (Å²) in [5.41, 5.74) is 1.65. The molecule has 0 spiro atoms. The maximum atomic E-state index is 12.4. The lowest BCUT2D eigenvalue weighted by Gasteiger charge is -2.29. The maximum absolute atomic E-state index is 12.4. The number of rotatable bonds is 5. The van der Waals surface area contributed by atoms with E-state index in [1.165, 1.54) is 10.6 Å². The van der Waals surface area contributed by atoms with Gasteiger partial charge in [-0.15, -0.1) is 0 Å². The Balaban J connectivity index is 1.55. The van der Waals surface area contributed by atoms with Gasteiger partial charge < -0.3 is 5.32 Å². The molecule has 1 aromatic carbocycles. The van der Waals surface area contributed by atoms with Crippen molar-refractivity contribution >= 4 is 33.2 Å². The fraction of sp³-hybridized carbons (Fsp3) is 0.412. The molecule has 140 valence electrons. The third-order valence-electron chi connectivity index (χ3n) is 4.43. The Kier molecular flexibility index (Phi) is 5.64. The van der Waals surface area contributed by atoms with Gasteiger partial charge in [0.1, 0.15) is 0 Å². The molecule has 9 heteroatoms. The largest absolute Gasteiger partial charge is 0.323 e. The number of halogens is 1. The number of nitrogens with zero attached hydrogens (tertiary/aromatic N) is 3. The van der Waals surface area contributed by atoms with Crippen LogP contribution in [0.4, 0.5) is 5.69 Å². The lowest BCUT2D eigenvalue weighted by molar-refractivity contribution is -0.120. The van der Waals surface area contributed by atoms with Gasteiger partial charge in [0, 0.05) is 30.2 Å². The molecule has 0 bridgehead atoms. The molecular formula is C17H21ClN4O3S. The summed E-state index contributed by atoms with van der Waals surface area (Å²) in [6, 6.07) is 7.53. The quantitative estimate of drug-likeness (QED) is 0.839. The fourth-order valence-electron chi connectivity index (χ4n) is 3.03. The van der Waals surface area contributed by atoms with E-state index in [2.05, 4.69) is 10.4 Å². The second-order valence-corrected chi connectivity index (χ2v) is 8.90. The minimum Gasteiger partial charge on any atom is -0.323 e. The zero-order chi connectivity index (χ0) is 18.7. The molecule has 0 radical (unpaired) electrons. The highest BCUT2D eigenvalue weighted by Crippen LogP contribution is 2.21. The second kappa shape index (κ2) is 7.77. The number of nitrogens with one attached hydrogen (secondary N) is 1. The summed E-state index contributed by atoms with van der Waals surface area (Å²) in [5.74, 6) is -0.287. The number of benzene rings is 1. The maximum Gasteiger partial charge on any atom is 0.227 e. The van der Waals surface area contributed by atoms with Crippen molar-refractivity contribution in [1.82, 2.24) is 14.1 Å². The Hall–Kier alpha value is -1.90. The molecule has 2 aromatic rings. The lowest BCUT2D eigenvalue weighted by Crippen LogP contribution is -2.40. The second-order valence-electron chi connectivity index (χ2n) is 6.48. The van der Waals surface area contributed by atoms with E-state index < -0.39 is 10.0 Å². The van der Waals surface area contributed by atoms with Crippen molar-refractivity contribution in [2.45, 2.75) is 19.4 Å². The number of sulfonamides is 1. The normalized spacial score (nSPS) is 16.5. The van der Waals surface area contributed by atoms with E-state index in [1.54, 1.807) is 17.1 Å². The van der Waals surface area contributed by atoms with Crippen LogP contribution in [0, 0.1) is 5.92 Å². The summed E-state index contributed by atoms with van der Waals surface area (Å²) < 4.78 is 26.2. The van der Waals surface area contributed by atoms with Crippen LogP contribution in [0.25, 0.3) is 0 Å². The first-order valence-electron chi connectivity index (χ1n) is 8.34. The highest BCUT2D eigenvalue weighted by molar-refractivity contribution is 7.88. The van der Waals surface area contributed by atoms with E-state index in [0.29, 0.717) is 43.2 Å². The van der Waals surface area contributed by atoms with Crippen molar-refractivity contribution in [3.8, 4) is 0 Å². The Labute approximate surface area is 158 Å². The third-order valence-corrected chi connectivity index (χ3v) is 5.97. The molecule has 1 aliphatic rings. The minimum absolute atomic E-state index is 0.0968. The highest BCUT2D eigenvalue weighted by atomic mass is 35.5. The van der Waals surface area contributed by atoms with Crippen LogP contribution in [0.5, 0.6) is 0 Å². The number of carbonyl (C=O) groups is 1. The van der Waals surface area contributed by atoms with Crippen LogP contribution in [0.2, 0.25) is 5.02 Å². The Morgan fingerprint density at radius 3 is 2.73 bits per heavy atom. The van der Waals surface area contributed by atoms with E-state index in [4.69, 9.17) is 11.6 Å². The third kappa shape index (κ3) is 4.84. The zero-order valence-corrected chi connectivity index (χ0v) is 16.0. The first-order chi connectivity index (χ1) is 12.3. The summed E-state index contributed by atoms with van der Waals surface area (Å²) in [4.78, 5) is 12.4. The molecular weight excluding hydrogens is 376 g/mol. The van der Waals surface area contributed by atoms with Gasteiger partial charge >= 0.3 is 0 Å². The highest BCUT2D eigenvalue weighted by Gasteiger charge is 2.29. The van der Waals surface area contributed by atoms with Gasteiger partial charge in [-0.1, -0.05) is 23.7 Å². The summed E-state index contributed by atoms with van der Waals surface area (Å²) in [6.45, 7) is 1.32. The number of hydrogen-bond donors (Lipinski definition) is 1. The predicted molar refractivity (Wildman–Crippen MR) is 101 cm³/mol. The lowest BCUT2D eigenvalue weighted by atomic mass is 9.97. The smallest absolute Gasteiger partial charge is 0.227 e. The van der Waals surface area contributed by atoms with Crippen LogP contribution in [0.1, 0.15) is 18.4 Å². The van der Waals surface area contributed by atoms with Crippen molar-refractivity contribution in [1.29, 1.82) is 0 Å². The van der Waals surface area contributed by atoms with Crippen molar-refractivity contribution in [3.63, 3.8) is 0 Å². The SMILES string of the molecule is CS(=O)(=O)N1CCC(C(=O)Nc2cnn(Cc3cccc(Cl)c3)c2)CC1. The fourth-order valence-corrected chi connectivity index (χ4v) is 4.12. The minimum atomic E-state index is -3.18. The molecule has 3 rings (SSSR count). The van der Waals surface area contributed by atoms with E-state index in [0.717, 1.165) is 5.56 Å². The monoisotopic (exact) mass is 396 g/mol. The molecule has 0 unspecified atom stereocenters. The summed E-state index contributed by atoms with van der Waals surface area (Å²) in [6.07, 6.45) is 5.62. The van der Waals surface area contributed by atoms with Crippen LogP contribution in [0.3, 0.4) is 0 Å². The van der Waals surface area contributed by atoms with Gasteiger partial charge in [-0.3, -0.25) is 9.48 Å². The summed E-state index contributed by atoms with van der Waals surface area (Å²) >= 11 is 5.98. The standard InChI is InChI=1S/C17H21ClN4O3S/c1-26(24,25)22-7-5-14(6-8-22)17(23)20-16-10-19-21(12-16)11-13-3-2-4-15(18)9-13/h2-4,9-10,12,14H,5-8,11H2,1H3,(H,20,23). The van der Waals surface area contributed by atoms with E-state index in [1.807, 2.05) is 24.3 Å². The van der Waals surface area contributed by atoms with Crippen LogP contribution in [-0.2, 0) is 21.4 Å². The molecule has 0 aliphatic carbocycles. The predicted octanol–water partition coefficient (Wildman–Crippen LogP) is 2.19. The van der Waals surface area contributed by atoms with Gasteiger partial charge in [0.15, 0.2) is 0 Å². The molecule has 1 aromatic heterocycles. The van der Waals surface area contributed by atoms with Crippen LogP contribution >= 0.6 is 11.6 Å². The van der Waals surface area contributed by atoms with Gasteiger partial charge in [-0.05, 0) is 30.5 Å². The Morgan fingerprint density at radius 1 is 1.35 bits per heavy atom. The van der Waals surface area contributed by atoms with Crippen molar-refractivity contribution < 1.29 is 13.2 Å². The van der Waals surface area contributed by atoms with Gasteiger partial charge in [-0.25, -0.2) is 12.7 Å².